The van der Waals surface area contributed by atoms with Gasteiger partial charge in [-0.15, -0.1) is 0 Å². The Balaban J connectivity index is 1.84. The lowest BCUT2D eigenvalue weighted by Crippen LogP contribution is -2.57. The number of aliphatic hydroxyl groups is 1. The van der Waals surface area contributed by atoms with E-state index in [9.17, 15) is 5.11 Å². The molecule has 3 nitrogen and oxygen atoms in total. The molecule has 1 heterocycles. The van der Waals surface area contributed by atoms with Crippen LogP contribution in [0.2, 0.25) is 0 Å². The van der Waals surface area contributed by atoms with Crippen LogP contribution in [-0.2, 0) is 0 Å². The summed E-state index contributed by atoms with van der Waals surface area (Å²) in [6, 6.07) is 0. The Morgan fingerprint density at radius 1 is 0.774 bits per heavy atom. The first-order chi connectivity index (χ1) is 15.2. The minimum Gasteiger partial charge on any atom is -0.345 e. The van der Waals surface area contributed by atoms with Crippen LogP contribution in [0.5, 0.6) is 0 Å². The van der Waals surface area contributed by atoms with Crippen LogP contribution >= 0.6 is 0 Å². The molecule has 0 aromatic rings. The molecule has 1 rings (SSSR count). The smallest absolute Gasteiger partial charge is 0.193 e. The van der Waals surface area contributed by atoms with E-state index in [2.05, 4.69) is 37.5 Å². The van der Waals surface area contributed by atoms with Gasteiger partial charge in [-0.2, -0.15) is 0 Å². The normalized spacial score (nSPS) is 21.7. The Kier molecular flexibility index (Phi) is 17.1. The molecule has 2 N–H and O–H groups in total. The second-order valence-electron chi connectivity index (χ2n) is 9.73. The van der Waals surface area contributed by atoms with Gasteiger partial charge in [-0.1, -0.05) is 96.1 Å². The monoisotopic (exact) mass is 435 g/mol. The molecule has 3 unspecified atom stereocenters. The Morgan fingerprint density at radius 3 is 1.74 bits per heavy atom. The van der Waals surface area contributed by atoms with E-state index in [1.165, 1.54) is 109 Å². The fraction of sp³-hybridized carbons (Fsp3) is 0.857. The molecule has 0 spiro atoms. The molecule has 0 aliphatic carbocycles. The molecule has 0 saturated heterocycles. The van der Waals surface area contributed by atoms with Crippen LogP contribution in [-0.4, -0.2) is 28.5 Å². The van der Waals surface area contributed by atoms with E-state index in [0.717, 1.165) is 13.0 Å². The Morgan fingerprint density at radius 2 is 1.26 bits per heavy atom. The highest BCUT2D eigenvalue weighted by atomic mass is 16.3. The van der Waals surface area contributed by atoms with E-state index in [1.807, 2.05) is 13.1 Å². The molecule has 1 aliphatic rings. The van der Waals surface area contributed by atoms with Gasteiger partial charge in [0.1, 0.15) is 6.20 Å². The van der Waals surface area contributed by atoms with Gasteiger partial charge in [0.05, 0.1) is 12.7 Å². The van der Waals surface area contributed by atoms with Gasteiger partial charge in [0.2, 0.25) is 0 Å². The maximum Gasteiger partial charge on any atom is 0.193 e. The van der Waals surface area contributed by atoms with Gasteiger partial charge < -0.3 is 10.4 Å². The summed E-state index contributed by atoms with van der Waals surface area (Å²) in [5.41, 5.74) is 0. The quantitative estimate of drug-likeness (QED) is 0.108. The number of hydrogen-bond donors (Lipinski definition) is 2. The highest BCUT2D eigenvalue weighted by Gasteiger charge is 2.40. The van der Waals surface area contributed by atoms with Gasteiger partial charge in [0.25, 0.3) is 0 Å². The second-order valence-corrected chi connectivity index (χ2v) is 9.73. The lowest BCUT2D eigenvalue weighted by atomic mass is 10.0. The zero-order valence-electron chi connectivity index (χ0n) is 21.3. The van der Waals surface area contributed by atoms with Gasteiger partial charge in [-0.25, -0.2) is 0 Å². The maximum absolute atomic E-state index is 10.2. The second kappa shape index (κ2) is 18.7. The summed E-state index contributed by atoms with van der Waals surface area (Å²) < 4.78 is 0.676. The molecule has 0 amide bonds. The van der Waals surface area contributed by atoms with E-state index < -0.39 is 0 Å². The summed E-state index contributed by atoms with van der Waals surface area (Å²) >= 11 is 0. The zero-order valence-corrected chi connectivity index (χ0v) is 21.3. The van der Waals surface area contributed by atoms with Crippen molar-refractivity contribution in [2.75, 3.05) is 6.54 Å². The predicted octanol–water partition coefficient (Wildman–Crippen LogP) is 8.16. The van der Waals surface area contributed by atoms with Gasteiger partial charge in [-0.3, -0.25) is 4.48 Å². The fourth-order valence-corrected chi connectivity index (χ4v) is 4.95. The molecule has 31 heavy (non-hydrogen) atoms. The molecule has 0 aromatic carbocycles. The Labute approximate surface area is 195 Å². The predicted molar refractivity (Wildman–Crippen MR) is 136 cm³/mol. The third kappa shape index (κ3) is 12.1. The lowest BCUT2D eigenvalue weighted by Gasteiger charge is -2.39. The Bertz CT molecular complexity index is 460. The standard InChI is InChI=1S/C28H55N2O/c1-4-6-7-8-9-10-11-12-13-14-15-16-17-18-19-20-21-22-23-24-28-29-25-26-30(28,5-2)27(3)31/h10-11,25-29,31H,4-9,12-24H2,1-3H3/q+1/b11-10+. The summed E-state index contributed by atoms with van der Waals surface area (Å²) in [7, 11) is 0. The van der Waals surface area contributed by atoms with Crippen LogP contribution < -0.4 is 5.32 Å². The van der Waals surface area contributed by atoms with Crippen LogP contribution in [0.15, 0.2) is 24.6 Å². The van der Waals surface area contributed by atoms with Crippen molar-refractivity contribution in [3.05, 3.63) is 24.6 Å². The van der Waals surface area contributed by atoms with Gasteiger partial charge >= 0.3 is 0 Å². The van der Waals surface area contributed by atoms with Crippen molar-refractivity contribution >= 4 is 0 Å². The first-order valence-electron chi connectivity index (χ1n) is 13.8. The SMILES string of the molecule is CCCCCC/C=C/CCCCCCCCCCCCCC1NC=C[N+]1(CC)C(C)O. The molecule has 0 radical (unpaired) electrons. The molecule has 3 atom stereocenters. The summed E-state index contributed by atoms with van der Waals surface area (Å²) in [4.78, 5) is 0. The molecule has 3 heteroatoms. The first kappa shape index (κ1) is 28.2. The average Bonchev–Trinajstić information content (AvgIpc) is 3.19. The Hall–Kier alpha value is -0.800. The first-order valence-corrected chi connectivity index (χ1v) is 13.8. The molecule has 0 bridgehead atoms. The molecule has 0 fully saturated rings. The molecule has 1 aliphatic heterocycles. The number of quaternary nitrogens is 1. The summed E-state index contributed by atoms with van der Waals surface area (Å²) in [5.74, 6) is 0. The fourth-order valence-electron chi connectivity index (χ4n) is 4.95. The molecule has 0 aromatic heterocycles. The number of rotatable bonds is 21. The van der Waals surface area contributed by atoms with Crippen molar-refractivity contribution in [3.63, 3.8) is 0 Å². The third-order valence-electron chi connectivity index (χ3n) is 7.20. The zero-order chi connectivity index (χ0) is 22.6. The van der Waals surface area contributed by atoms with E-state index in [4.69, 9.17) is 0 Å². The summed E-state index contributed by atoms with van der Waals surface area (Å²) in [5, 5.41) is 13.7. The van der Waals surface area contributed by atoms with Crippen molar-refractivity contribution in [1.29, 1.82) is 0 Å². The minimum absolute atomic E-state index is 0.335. The number of aliphatic hydroxyl groups excluding tert-OH is 1. The number of nitrogens with zero attached hydrogens (tertiary/aromatic N) is 1. The van der Waals surface area contributed by atoms with Crippen LogP contribution in [0.3, 0.4) is 0 Å². The van der Waals surface area contributed by atoms with Crippen molar-refractivity contribution in [3.8, 4) is 0 Å². The van der Waals surface area contributed by atoms with E-state index >= 15 is 0 Å². The minimum atomic E-state index is -0.335. The van der Waals surface area contributed by atoms with Crippen LogP contribution in [0, 0.1) is 0 Å². The largest absolute Gasteiger partial charge is 0.345 e. The van der Waals surface area contributed by atoms with Crippen LogP contribution in [0.4, 0.5) is 0 Å². The molecular formula is C28H55N2O+. The molecule has 182 valence electrons. The van der Waals surface area contributed by atoms with Crippen molar-refractivity contribution in [1.82, 2.24) is 5.32 Å². The van der Waals surface area contributed by atoms with Crippen molar-refractivity contribution in [2.24, 2.45) is 0 Å². The molecular weight excluding hydrogens is 380 g/mol. The van der Waals surface area contributed by atoms with Crippen LogP contribution in [0.1, 0.15) is 136 Å². The lowest BCUT2D eigenvalue weighted by molar-refractivity contribution is -0.942. The van der Waals surface area contributed by atoms with E-state index in [1.54, 1.807) is 0 Å². The average molecular weight is 436 g/mol. The van der Waals surface area contributed by atoms with Crippen molar-refractivity contribution < 1.29 is 9.59 Å². The number of unbranched alkanes of at least 4 members (excludes halogenated alkanes) is 15. The summed E-state index contributed by atoms with van der Waals surface area (Å²) in [6.07, 6.45) is 33.5. The molecule has 0 saturated carbocycles. The van der Waals surface area contributed by atoms with E-state index in [0.29, 0.717) is 10.6 Å². The van der Waals surface area contributed by atoms with Gasteiger partial charge in [-0.05, 0) is 39.0 Å². The topological polar surface area (TPSA) is 32.3 Å². The maximum atomic E-state index is 10.2. The van der Waals surface area contributed by atoms with Gasteiger partial charge in [0.15, 0.2) is 12.4 Å². The number of nitrogens with one attached hydrogen (secondary N) is 1. The van der Waals surface area contributed by atoms with Crippen LogP contribution in [0.25, 0.3) is 0 Å². The number of hydrogen-bond acceptors (Lipinski definition) is 2. The van der Waals surface area contributed by atoms with E-state index in [-0.39, 0.29) is 6.23 Å². The summed E-state index contributed by atoms with van der Waals surface area (Å²) in [6.45, 7) is 7.31. The van der Waals surface area contributed by atoms with Crippen molar-refractivity contribution in [2.45, 2.75) is 149 Å². The number of allylic oxidation sites excluding steroid dienone is 2. The highest BCUT2D eigenvalue weighted by Crippen LogP contribution is 2.26. The third-order valence-corrected chi connectivity index (χ3v) is 7.20. The highest BCUT2D eigenvalue weighted by molar-refractivity contribution is 4.84. The van der Waals surface area contributed by atoms with Gasteiger partial charge in [0, 0.05) is 13.3 Å².